The molecule has 2 aromatic carbocycles. The maximum Gasteiger partial charge on any atom is 0.125 e. The molecule has 2 heterocycles. The van der Waals surface area contributed by atoms with Gasteiger partial charge in [0.15, 0.2) is 0 Å². The van der Waals surface area contributed by atoms with Gasteiger partial charge >= 0.3 is 0 Å². The first kappa shape index (κ1) is 18.1. The molecule has 6 heteroatoms. The van der Waals surface area contributed by atoms with Crippen LogP contribution in [0, 0.1) is 12.7 Å². The second kappa shape index (κ2) is 7.78. The third-order valence-electron chi connectivity index (χ3n) is 4.86. The molecule has 1 atom stereocenters. The first-order valence-corrected chi connectivity index (χ1v) is 9.24. The lowest BCUT2D eigenvalue weighted by atomic mass is 10.1. The Bertz CT molecular complexity index is 1070. The van der Waals surface area contributed by atoms with Crippen molar-refractivity contribution in [1.82, 2.24) is 24.9 Å². The van der Waals surface area contributed by atoms with E-state index in [1.165, 1.54) is 17.7 Å². The Labute approximate surface area is 163 Å². The average Bonchev–Trinajstić information content (AvgIpc) is 3.36. The zero-order chi connectivity index (χ0) is 19.5. The van der Waals surface area contributed by atoms with Crippen molar-refractivity contribution in [3.8, 4) is 11.4 Å². The van der Waals surface area contributed by atoms with E-state index in [1.807, 2.05) is 48.3 Å². The van der Waals surface area contributed by atoms with Crippen LogP contribution in [0.1, 0.15) is 29.8 Å². The number of hydrogen-bond acceptors (Lipinski definition) is 3. The fourth-order valence-corrected chi connectivity index (χ4v) is 3.33. The zero-order valence-corrected chi connectivity index (χ0v) is 15.9. The summed E-state index contributed by atoms with van der Waals surface area (Å²) < 4.78 is 17.2. The first-order valence-electron chi connectivity index (χ1n) is 9.24. The molecular formula is C22H22FN5. The summed E-state index contributed by atoms with van der Waals surface area (Å²) in [7, 11) is 0. The predicted octanol–water partition coefficient (Wildman–Crippen LogP) is 4.36. The number of rotatable bonds is 6. The smallest absolute Gasteiger partial charge is 0.125 e. The number of hydrogen-bond donors (Lipinski definition) is 1. The van der Waals surface area contributed by atoms with E-state index in [-0.39, 0.29) is 11.9 Å². The molecule has 28 heavy (non-hydrogen) atoms. The number of nitrogens with zero attached hydrogens (tertiary/aromatic N) is 4. The van der Waals surface area contributed by atoms with Crippen LogP contribution in [-0.2, 0) is 6.54 Å². The van der Waals surface area contributed by atoms with Crippen LogP contribution in [0.15, 0.2) is 73.2 Å². The van der Waals surface area contributed by atoms with Crippen molar-refractivity contribution in [2.45, 2.75) is 26.4 Å². The van der Waals surface area contributed by atoms with Crippen LogP contribution in [0.25, 0.3) is 11.4 Å². The van der Waals surface area contributed by atoms with E-state index in [9.17, 15) is 4.39 Å². The van der Waals surface area contributed by atoms with Crippen molar-refractivity contribution >= 4 is 0 Å². The number of halogens is 1. The zero-order valence-electron chi connectivity index (χ0n) is 15.9. The van der Waals surface area contributed by atoms with Gasteiger partial charge in [0.1, 0.15) is 5.82 Å². The van der Waals surface area contributed by atoms with E-state index in [4.69, 9.17) is 0 Å². The first-order chi connectivity index (χ1) is 13.6. The standard InChI is InChI=1S/C22H22FN5/c1-16(22-15-26-28(17(22)2)21-9-4-7-19(23)13-21)24-14-18-6-3-8-20(12-18)27-11-5-10-25-27/h3-13,15-16,24H,14H2,1-2H3. The summed E-state index contributed by atoms with van der Waals surface area (Å²) in [5.74, 6) is -0.266. The van der Waals surface area contributed by atoms with Crippen LogP contribution in [-0.4, -0.2) is 19.6 Å². The second-order valence-corrected chi connectivity index (χ2v) is 6.80. The molecule has 0 spiro atoms. The lowest BCUT2D eigenvalue weighted by molar-refractivity contribution is 0.571. The summed E-state index contributed by atoms with van der Waals surface area (Å²) in [4.78, 5) is 0. The summed E-state index contributed by atoms with van der Waals surface area (Å²) in [6, 6.07) is 16.8. The van der Waals surface area contributed by atoms with Gasteiger partial charge in [0.2, 0.25) is 0 Å². The molecule has 0 aliphatic heterocycles. The van der Waals surface area contributed by atoms with Gasteiger partial charge in [0.05, 0.1) is 17.6 Å². The highest BCUT2D eigenvalue weighted by molar-refractivity contribution is 5.37. The molecule has 5 nitrogen and oxygen atoms in total. The Morgan fingerprint density at radius 2 is 1.86 bits per heavy atom. The fraction of sp³-hybridized carbons (Fsp3) is 0.182. The average molecular weight is 375 g/mol. The molecule has 0 radical (unpaired) electrons. The van der Waals surface area contributed by atoms with Crippen molar-refractivity contribution in [2.75, 3.05) is 0 Å². The van der Waals surface area contributed by atoms with Gasteiger partial charge in [0, 0.05) is 36.2 Å². The van der Waals surface area contributed by atoms with E-state index in [2.05, 4.69) is 34.6 Å². The summed E-state index contributed by atoms with van der Waals surface area (Å²) in [6.45, 7) is 4.84. The van der Waals surface area contributed by atoms with Crippen molar-refractivity contribution in [3.05, 3.63) is 95.8 Å². The molecule has 0 saturated carbocycles. The molecule has 1 N–H and O–H groups in total. The molecule has 2 aromatic heterocycles. The van der Waals surface area contributed by atoms with Gasteiger partial charge in [0.25, 0.3) is 0 Å². The van der Waals surface area contributed by atoms with Crippen LogP contribution < -0.4 is 5.32 Å². The van der Waals surface area contributed by atoms with Gasteiger partial charge in [-0.1, -0.05) is 18.2 Å². The highest BCUT2D eigenvalue weighted by Crippen LogP contribution is 2.21. The topological polar surface area (TPSA) is 47.7 Å². The molecule has 142 valence electrons. The van der Waals surface area contributed by atoms with E-state index >= 15 is 0 Å². The molecule has 0 aliphatic rings. The largest absolute Gasteiger partial charge is 0.306 e. The SMILES string of the molecule is Cc1c(C(C)NCc2cccc(-n3cccn3)c2)cnn1-c1cccc(F)c1. The maximum absolute atomic E-state index is 13.5. The van der Waals surface area contributed by atoms with Gasteiger partial charge in [-0.05, 0) is 55.8 Å². The van der Waals surface area contributed by atoms with E-state index in [0.717, 1.165) is 29.2 Å². The molecule has 0 amide bonds. The summed E-state index contributed by atoms with van der Waals surface area (Å²) in [6.07, 6.45) is 5.55. The van der Waals surface area contributed by atoms with E-state index in [1.54, 1.807) is 16.9 Å². The summed E-state index contributed by atoms with van der Waals surface area (Å²) >= 11 is 0. The normalized spacial score (nSPS) is 12.2. The Morgan fingerprint density at radius 3 is 2.64 bits per heavy atom. The molecule has 0 aliphatic carbocycles. The van der Waals surface area contributed by atoms with Crippen molar-refractivity contribution < 1.29 is 4.39 Å². The number of aromatic nitrogens is 4. The highest BCUT2D eigenvalue weighted by Gasteiger charge is 2.14. The van der Waals surface area contributed by atoms with Gasteiger partial charge in [-0.15, -0.1) is 0 Å². The summed E-state index contributed by atoms with van der Waals surface area (Å²) in [5, 5.41) is 12.3. The second-order valence-electron chi connectivity index (χ2n) is 6.80. The van der Waals surface area contributed by atoms with Crippen LogP contribution in [0.3, 0.4) is 0 Å². The third-order valence-corrected chi connectivity index (χ3v) is 4.86. The van der Waals surface area contributed by atoms with Gasteiger partial charge in [-0.3, -0.25) is 0 Å². The van der Waals surface area contributed by atoms with E-state index in [0.29, 0.717) is 0 Å². The monoisotopic (exact) mass is 375 g/mol. The molecule has 1 unspecified atom stereocenters. The molecule has 0 saturated heterocycles. The minimum atomic E-state index is -0.266. The molecule has 0 fully saturated rings. The number of benzene rings is 2. The lowest BCUT2D eigenvalue weighted by Gasteiger charge is -2.15. The van der Waals surface area contributed by atoms with Gasteiger partial charge in [-0.2, -0.15) is 10.2 Å². The lowest BCUT2D eigenvalue weighted by Crippen LogP contribution is -2.18. The van der Waals surface area contributed by atoms with Crippen molar-refractivity contribution in [3.63, 3.8) is 0 Å². The Morgan fingerprint density at radius 1 is 1.04 bits per heavy atom. The predicted molar refractivity (Wildman–Crippen MR) is 107 cm³/mol. The van der Waals surface area contributed by atoms with Gasteiger partial charge in [-0.25, -0.2) is 13.8 Å². The van der Waals surface area contributed by atoms with Crippen LogP contribution in [0.4, 0.5) is 4.39 Å². The minimum Gasteiger partial charge on any atom is -0.306 e. The maximum atomic E-state index is 13.5. The minimum absolute atomic E-state index is 0.107. The van der Waals surface area contributed by atoms with Crippen LogP contribution in [0.5, 0.6) is 0 Å². The van der Waals surface area contributed by atoms with Crippen molar-refractivity contribution in [2.24, 2.45) is 0 Å². The van der Waals surface area contributed by atoms with Gasteiger partial charge < -0.3 is 5.32 Å². The molecule has 4 aromatic rings. The van der Waals surface area contributed by atoms with Crippen molar-refractivity contribution in [1.29, 1.82) is 0 Å². The third kappa shape index (κ3) is 3.73. The van der Waals surface area contributed by atoms with Crippen LogP contribution in [0.2, 0.25) is 0 Å². The summed E-state index contributed by atoms with van der Waals surface area (Å²) in [5.41, 5.74) is 5.02. The van der Waals surface area contributed by atoms with Crippen LogP contribution >= 0.6 is 0 Å². The Balaban J connectivity index is 1.48. The molecule has 0 bridgehead atoms. The molecule has 4 rings (SSSR count). The van der Waals surface area contributed by atoms with E-state index < -0.39 is 0 Å². The fourth-order valence-electron chi connectivity index (χ4n) is 3.33. The molecular weight excluding hydrogens is 353 g/mol. The Hall–Kier alpha value is -3.25. The highest BCUT2D eigenvalue weighted by atomic mass is 19.1. The Kier molecular flexibility index (Phi) is 5.04. The quantitative estimate of drug-likeness (QED) is 0.545. The number of nitrogens with one attached hydrogen (secondary N) is 1.